The highest BCUT2D eigenvalue weighted by molar-refractivity contribution is 5.90. The number of amides is 1. The summed E-state index contributed by atoms with van der Waals surface area (Å²) in [6.07, 6.45) is 2.88. The Kier molecular flexibility index (Phi) is 6.34. The molecule has 4 heteroatoms. The molecule has 0 aliphatic carbocycles. The zero-order chi connectivity index (χ0) is 20.9. The van der Waals surface area contributed by atoms with E-state index in [0.29, 0.717) is 13.0 Å². The number of fused-ring (bicyclic) bond motifs is 1. The van der Waals surface area contributed by atoms with Gasteiger partial charge in [-0.3, -0.25) is 9.69 Å². The smallest absolute Gasteiger partial charge is 0.224 e. The summed E-state index contributed by atoms with van der Waals surface area (Å²) in [6.45, 7) is 2.84. The van der Waals surface area contributed by atoms with Gasteiger partial charge >= 0.3 is 0 Å². The third kappa shape index (κ3) is 4.65. The molecule has 1 aliphatic heterocycles. The molecule has 0 bridgehead atoms. The fourth-order valence-electron chi connectivity index (χ4n) is 4.40. The van der Waals surface area contributed by atoms with E-state index in [4.69, 9.17) is 0 Å². The van der Waals surface area contributed by atoms with E-state index in [0.717, 1.165) is 24.0 Å². The minimum atomic E-state index is 0.0838. The molecule has 3 aromatic carbocycles. The second-order valence-corrected chi connectivity index (χ2v) is 8.36. The van der Waals surface area contributed by atoms with Gasteiger partial charge in [0.05, 0.1) is 12.5 Å². The number of nitrogens with zero attached hydrogens (tertiary/aromatic N) is 2. The van der Waals surface area contributed by atoms with Crippen molar-refractivity contribution in [3.63, 3.8) is 0 Å². The Hall–Kier alpha value is -2.85. The number of carbonyl (C=O) groups is 1. The first-order valence-electron chi connectivity index (χ1n) is 10.9. The van der Waals surface area contributed by atoms with Crippen molar-refractivity contribution in [2.75, 3.05) is 38.6 Å². The van der Waals surface area contributed by atoms with Crippen LogP contribution in [0.3, 0.4) is 0 Å². The molecule has 1 heterocycles. The number of anilines is 1. The first-order chi connectivity index (χ1) is 14.6. The second kappa shape index (κ2) is 9.31. The highest BCUT2D eigenvalue weighted by atomic mass is 16.1. The van der Waals surface area contributed by atoms with Crippen molar-refractivity contribution >= 4 is 22.4 Å². The molecule has 30 heavy (non-hydrogen) atoms. The SMILES string of the molecule is CN(C)c1ccc([C@H](CNC(=O)Cc2cccc3ccccc23)N2CCCC2)cc1. The summed E-state index contributed by atoms with van der Waals surface area (Å²) in [5.74, 6) is 0.0838. The van der Waals surface area contributed by atoms with E-state index in [1.165, 1.54) is 29.5 Å². The number of rotatable bonds is 7. The van der Waals surface area contributed by atoms with E-state index in [9.17, 15) is 4.79 Å². The molecule has 0 spiro atoms. The van der Waals surface area contributed by atoms with Gasteiger partial charge in [0, 0.05) is 26.3 Å². The maximum absolute atomic E-state index is 12.8. The Morgan fingerprint density at radius 1 is 0.967 bits per heavy atom. The van der Waals surface area contributed by atoms with Crippen LogP contribution in [-0.4, -0.2) is 44.5 Å². The van der Waals surface area contributed by atoms with Crippen molar-refractivity contribution in [1.82, 2.24) is 10.2 Å². The largest absolute Gasteiger partial charge is 0.378 e. The average molecular weight is 402 g/mol. The predicted molar refractivity (Wildman–Crippen MR) is 125 cm³/mol. The number of hydrogen-bond donors (Lipinski definition) is 1. The monoisotopic (exact) mass is 401 g/mol. The lowest BCUT2D eigenvalue weighted by Gasteiger charge is -2.28. The quantitative estimate of drug-likeness (QED) is 0.637. The van der Waals surface area contributed by atoms with Gasteiger partial charge in [-0.05, 0) is 60.0 Å². The van der Waals surface area contributed by atoms with Gasteiger partial charge in [0.15, 0.2) is 0 Å². The van der Waals surface area contributed by atoms with Gasteiger partial charge in [-0.2, -0.15) is 0 Å². The van der Waals surface area contributed by atoms with Crippen molar-refractivity contribution in [2.24, 2.45) is 0 Å². The topological polar surface area (TPSA) is 35.6 Å². The molecule has 1 atom stereocenters. The first kappa shape index (κ1) is 20.4. The van der Waals surface area contributed by atoms with E-state index in [1.807, 2.05) is 18.2 Å². The number of nitrogens with one attached hydrogen (secondary N) is 1. The van der Waals surface area contributed by atoms with Crippen LogP contribution in [0.4, 0.5) is 5.69 Å². The van der Waals surface area contributed by atoms with Crippen molar-refractivity contribution in [3.8, 4) is 0 Å². The summed E-state index contributed by atoms with van der Waals surface area (Å²) < 4.78 is 0. The molecule has 1 saturated heterocycles. The molecule has 0 unspecified atom stereocenters. The molecule has 3 aromatic rings. The molecule has 4 rings (SSSR count). The molecule has 0 saturated carbocycles. The van der Waals surface area contributed by atoms with Crippen molar-refractivity contribution in [2.45, 2.75) is 25.3 Å². The third-order valence-corrected chi connectivity index (χ3v) is 6.10. The molecule has 1 amide bonds. The Morgan fingerprint density at radius 2 is 1.67 bits per heavy atom. The maximum Gasteiger partial charge on any atom is 0.224 e. The fourth-order valence-corrected chi connectivity index (χ4v) is 4.40. The molecule has 0 radical (unpaired) electrons. The van der Waals surface area contributed by atoms with E-state index in [2.05, 4.69) is 77.7 Å². The predicted octanol–water partition coefficient (Wildman–Crippen LogP) is 4.40. The van der Waals surface area contributed by atoms with Crippen LogP contribution in [0.5, 0.6) is 0 Å². The van der Waals surface area contributed by atoms with Crippen LogP contribution in [0.15, 0.2) is 66.7 Å². The number of carbonyl (C=O) groups excluding carboxylic acids is 1. The lowest BCUT2D eigenvalue weighted by molar-refractivity contribution is -0.120. The van der Waals surface area contributed by atoms with Gasteiger partial charge in [0.2, 0.25) is 5.91 Å². The third-order valence-electron chi connectivity index (χ3n) is 6.10. The summed E-state index contributed by atoms with van der Waals surface area (Å²) in [4.78, 5) is 17.4. The highest BCUT2D eigenvalue weighted by Crippen LogP contribution is 2.26. The van der Waals surface area contributed by atoms with E-state index < -0.39 is 0 Å². The summed E-state index contributed by atoms with van der Waals surface area (Å²) in [5, 5.41) is 5.55. The van der Waals surface area contributed by atoms with Crippen LogP contribution in [0.2, 0.25) is 0 Å². The van der Waals surface area contributed by atoms with Crippen LogP contribution in [-0.2, 0) is 11.2 Å². The van der Waals surface area contributed by atoms with Crippen molar-refractivity contribution < 1.29 is 4.79 Å². The average Bonchev–Trinajstić information content (AvgIpc) is 3.29. The molecule has 1 N–H and O–H groups in total. The number of hydrogen-bond acceptors (Lipinski definition) is 3. The minimum absolute atomic E-state index is 0.0838. The second-order valence-electron chi connectivity index (χ2n) is 8.36. The van der Waals surface area contributed by atoms with Gasteiger partial charge in [0.25, 0.3) is 0 Å². The zero-order valence-electron chi connectivity index (χ0n) is 18.0. The Labute approximate surface area is 179 Å². The summed E-state index contributed by atoms with van der Waals surface area (Å²) >= 11 is 0. The van der Waals surface area contributed by atoms with Gasteiger partial charge in [-0.1, -0.05) is 54.6 Å². The molecule has 1 aliphatic rings. The van der Waals surface area contributed by atoms with Crippen LogP contribution in [0.25, 0.3) is 10.8 Å². The van der Waals surface area contributed by atoms with Gasteiger partial charge < -0.3 is 10.2 Å². The lowest BCUT2D eigenvalue weighted by Crippen LogP contribution is -2.37. The van der Waals surface area contributed by atoms with Crippen molar-refractivity contribution in [3.05, 3.63) is 77.9 Å². The lowest BCUT2D eigenvalue weighted by atomic mass is 10.0. The van der Waals surface area contributed by atoms with Crippen molar-refractivity contribution in [1.29, 1.82) is 0 Å². The summed E-state index contributed by atoms with van der Waals surface area (Å²) in [5.41, 5.74) is 3.55. The normalized spacial score (nSPS) is 15.3. The standard InChI is InChI=1S/C26H31N3O/c1-28(2)23-14-12-21(13-15-23)25(29-16-5-6-17-29)19-27-26(30)18-22-10-7-9-20-8-3-4-11-24(20)22/h3-4,7-15,25H,5-6,16-19H2,1-2H3,(H,27,30)/t25-/m0/s1. The van der Waals surface area contributed by atoms with Crippen LogP contribution >= 0.6 is 0 Å². The molecular formula is C26H31N3O. The van der Waals surface area contributed by atoms with Crippen LogP contribution < -0.4 is 10.2 Å². The molecule has 156 valence electrons. The van der Waals surface area contributed by atoms with Gasteiger partial charge in [-0.25, -0.2) is 0 Å². The minimum Gasteiger partial charge on any atom is -0.378 e. The summed E-state index contributed by atoms with van der Waals surface area (Å²) in [6, 6.07) is 23.4. The molecular weight excluding hydrogens is 370 g/mol. The number of likely N-dealkylation sites (tertiary alicyclic amines) is 1. The fraction of sp³-hybridized carbons (Fsp3) is 0.346. The van der Waals surface area contributed by atoms with E-state index in [-0.39, 0.29) is 11.9 Å². The molecule has 0 aromatic heterocycles. The van der Waals surface area contributed by atoms with Gasteiger partial charge in [-0.15, -0.1) is 0 Å². The van der Waals surface area contributed by atoms with E-state index >= 15 is 0 Å². The maximum atomic E-state index is 12.8. The molecule has 1 fully saturated rings. The van der Waals surface area contributed by atoms with Crippen LogP contribution in [0, 0.1) is 0 Å². The Balaban J connectivity index is 1.46. The zero-order valence-corrected chi connectivity index (χ0v) is 18.0. The van der Waals surface area contributed by atoms with Gasteiger partial charge in [0.1, 0.15) is 0 Å². The first-order valence-corrected chi connectivity index (χ1v) is 10.9. The van der Waals surface area contributed by atoms with Crippen LogP contribution in [0.1, 0.15) is 30.0 Å². The highest BCUT2D eigenvalue weighted by Gasteiger charge is 2.24. The number of benzene rings is 3. The van der Waals surface area contributed by atoms with E-state index in [1.54, 1.807) is 0 Å². The Bertz CT molecular complexity index is 985. The molecule has 4 nitrogen and oxygen atoms in total. The summed E-state index contributed by atoms with van der Waals surface area (Å²) in [7, 11) is 4.11. The Morgan fingerprint density at radius 3 is 2.40 bits per heavy atom.